The maximum Gasteiger partial charge on any atom is 0.258 e. The molecule has 1 atom stereocenters. The minimum atomic E-state index is -0.213. The van der Waals surface area contributed by atoms with Crippen molar-refractivity contribution in [1.29, 1.82) is 0 Å². The van der Waals surface area contributed by atoms with Crippen LogP contribution in [-0.2, 0) is 0 Å². The first-order valence-electron chi connectivity index (χ1n) is 10.00. The van der Waals surface area contributed by atoms with Crippen molar-refractivity contribution >= 4 is 39.2 Å². The highest BCUT2D eigenvalue weighted by atomic mass is 32.1. The van der Waals surface area contributed by atoms with Crippen molar-refractivity contribution in [2.45, 2.75) is 19.3 Å². The average molecular weight is 433 g/mol. The molecule has 3 aromatic heterocycles. The zero-order valence-corrected chi connectivity index (χ0v) is 17.6. The number of hydrogen-bond donors (Lipinski definition) is 2. The van der Waals surface area contributed by atoms with Crippen LogP contribution in [-0.4, -0.2) is 50.0 Å². The quantitative estimate of drug-likeness (QED) is 0.513. The number of nitrogens with zero attached hydrogens (tertiary/aromatic N) is 4. The molecule has 0 saturated carbocycles. The molecule has 31 heavy (non-hydrogen) atoms. The molecule has 4 heterocycles. The summed E-state index contributed by atoms with van der Waals surface area (Å²) in [6.07, 6.45) is 4.02. The second kappa shape index (κ2) is 7.92. The summed E-state index contributed by atoms with van der Waals surface area (Å²) in [6, 6.07) is 9.47. The number of amides is 2. The van der Waals surface area contributed by atoms with E-state index in [9.17, 15) is 9.59 Å². The van der Waals surface area contributed by atoms with E-state index in [1.54, 1.807) is 12.4 Å². The van der Waals surface area contributed by atoms with E-state index in [2.05, 4.69) is 20.5 Å². The summed E-state index contributed by atoms with van der Waals surface area (Å²) >= 11 is 1.37. The number of para-hydroxylation sites is 1. The van der Waals surface area contributed by atoms with E-state index in [1.165, 1.54) is 11.3 Å². The summed E-state index contributed by atoms with van der Waals surface area (Å²) in [6.45, 7) is 3.04. The summed E-state index contributed by atoms with van der Waals surface area (Å²) in [7, 11) is 0. The summed E-state index contributed by atoms with van der Waals surface area (Å²) in [5, 5.41) is 12.8. The number of anilines is 1. The van der Waals surface area contributed by atoms with E-state index < -0.39 is 0 Å². The zero-order valence-electron chi connectivity index (χ0n) is 16.8. The van der Waals surface area contributed by atoms with E-state index >= 15 is 0 Å². The number of carbonyl (C=O) groups is 2. The average Bonchev–Trinajstić information content (AvgIpc) is 3.54. The van der Waals surface area contributed by atoms with E-state index in [0.29, 0.717) is 29.3 Å². The maximum atomic E-state index is 13.0. The highest BCUT2D eigenvalue weighted by molar-refractivity contribution is 7.13. The summed E-state index contributed by atoms with van der Waals surface area (Å²) < 4.78 is 0. The molecule has 8 nitrogen and oxygen atoms in total. The van der Waals surface area contributed by atoms with Crippen LogP contribution >= 0.6 is 11.3 Å². The number of nitrogens with one attached hydrogen (secondary N) is 2. The Bertz CT molecular complexity index is 1270. The molecule has 156 valence electrons. The molecule has 2 amide bonds. The number of carbonyl (C=O) groups excluding carboxylic acids is 2. The number of benzene rings is 1. The Labute approximate surface area is 182 Å². The fraction of sp³-hybridized carbons (Fsp3) is 0.227. The number of pyridine rings is 1. The minimum absolute atomic E-state index is 0.0312. The molecule has 1 saturated heterocycles. The number of thiazole rings is 1. The van der Waals surface area contributed by atoms with Gasteiger partial charge in [-0.1, -0.05) is 18.2 Å². The van der Waals surface area contributed by atoms with Gasteiger partial charge in [0.2, 0.25) is 0 Å². The van der Waals surface area contributed by atoms with Gasteiger partial charge >= 0.3 is 0 Å². The fourth-order valence-electron chi connectivity index (χ4n) is 3.97. The number of aryl methyl sites for hydroxylation is 1. The Morgan fingerprint density at radius 1 is 1.26 bits per heavy atom. The Kier molecular flexibility index (Phi) is 4.95. The zero-order chi connectivity index (χ0) is 21.4. The van der Waals surface area contributed by atoms with Crippen molar-refractivity contribution < 1.29 is 9.59 Å². The molecule has 1 aliphatic heterocycles. The summed E-state index contributed by atoms with van der Waals surface area (Å²) in [5.74, 6) is -0.182. The van der Waals surface area contributed by atoms with Crippen molar-refractivity contribution in [1.82, 2.24) is 25.1 Å². The van der Waals surface area contributed by atoms with Gasteiger partial charge < -0.3 is 4.90 Å². The predicted octanol–water partition coefficient (Wildman–Crippen LogP) is 3.60. The van der Waals surface area contributed by atoms with Crippen molar-refractivity contribution in [3.8, 4) is 0 Å². The third-order valence-corrected chi connectivity index (χ3v) is 6.28. The number of fused-ring (bicyclic) bond motifs is 1. The lowest BCUT2D eigenvalue weighted by Gasteiger charge is -2.17. The molecular weight excluding hydrogens is 412 g/mol. The van der Waals surface area contributed by atoms with Crippen LogP contribution in [0.5, 0.6) is 0 Å². The van der Waals surface area contributed by atoms with Gasteiger partial charge in [-0.05, 0) is 25.5 Å². The molecule has 0 bridgehead atoms. The fourth-order valence-corrected chi connectivity index (χ4v) is 4.49. The molecule has 5 rings (SSSR count). The van der Waals surface area contributed by atoms with Gasteiger partial charge in [0.15, 0.2) is 5.13 Å². The molecule has 2 N–H and O–H groups in total. The topological polar surface area (TPSA) is 104 Å². The number of aromatic amines is 1. The third kappa shape index (κ3) is 3.68. The number of rotatable bonds is 4. The lowest BCUT2D eigenvalue weighted by Crippen LogP contribution is -2.28. The van der Waals surface area contributed by atoms with Gasteiger partial charge in [-0.25, -0.2) is 4.98 Å². The molecule has 1 unspecified atom stereocenters. The largest absolute Gasteiger partial charge is 0.338 e. The van der Waals surface area contributed by atoms with Crippen LogP contribution in [0.4, 0.5) is 5.13 Å². The molecular formula is C22H20N6O2S. The molecule has 0 radical (unpaired) electrons. The lowest BCUT2D eigenvalue weighted by molar-refractivity contribution is 0.0789. The van der Waals surface area contributed by atoms with Gasteiger partial charge in [0.05, 0.1) is 22.8 Å². The van der Waals surface area contributed by atoms with Gasteiger partial charge in [0.1, 0.15) is 0 Å². The van der Waals surface area contributed by atoms with Crippen molar-refractivity contribution in [2.24, 2.45) is 0 Å². The lowest BCUT2D eigenvalue weighted by atomic mass is 9.99. The Hall–Kier alpha value is -3.59. The van der Waals surface area contributed by atoms with Gasteiger partial charge in [-0.3, -0.25) is 25.0 Å². The number of likely N-dealkylation sites (tertiary alicyclic amines) is 1. The van der Waals surface area contributed by atoms with Gasteiger partial charge in [-0.2, -0.15) is 5.10 Å². The highest BCUT2D eigenvalue weighted by Gasteiger charge is 2.31. The van der Waals surface area contributed by atoms with Gasteiger partial charge in [-0.15, -0.1) is 11.3 Å². The van der Waals surface area contributed by atoms with Crippen LogP contribution in [0, 0.1) is 6.92 Å². The molecule has 9 heteroatoms. The SMILES string of the molecule is Cc1[nH]ncc1C(=O)N1CCC(c2cc(C(=O)Nc3nccs3)c3ccccc3n2)C1. The van der Waals surface area contributed by atoms with Crippen molar-refractivity contribution in [3.05, 3.63) is 70.6 Å². The molecule has 1 aromatic carbocycles. The highest BCUT2D eigenvalue weighted by Crippen LogP contribution is 2.30. The Balaban J connectivity index is 1.44. The van der Waals surface area contributed by atoms with Crippen LogP contribution in [0.3, 0.4) is 0 Å². The first-order chi connectivity index (χ1) is 15.1. The van der Waals surface area contributed by atoms with Gasteiger partial charge in [0, 0.05) is 47.4 Å². The van der Waals surface area contributed by atoms with E-state index in [4.69, 9.17) is 4.98 Å². The standard InChI is InChI=1S/C22H20N6O2S/c1-13-17(11-24-27-13)21(30)28-8-6-14(12-28)19-10-16(15-4-2-3-5-18(15)25-19)20(29)26-22-23-7-9-31-22/h2-5,7,9-11,14H,6,8,12H2,1H3,(H,24,27)(H,23,26,29). The van der Waals surface area contributed by atoms with Crippen LogP contribution in [0.2, 0.25) is 0 Å². The Morgan fingerprint density at radius 2 is 2.13 bits per heavy atom. The van der Waals surface area contributed by atoms with Gasteiger partial charge in [0.25, 0.3) is 11.8 Å². The van der Waals surface area contributed by atoms with Crippen LogP contribution in [0.25, 0.3) is 10.9 Å². The van der Waals surface area contributed by atoms with Crippen LogP contribution < -0.4 is 5.32 Å². The van der Waals surface area contributed by atoms with Crippen LogP contribution in [0.1, 0.15) is 44.4 Å². The smallest absolute Gasteiger partial charge is 0.258 e. The van der Waals surface area contributed by atoms with E-state index in [-0.39, 0.29) is 17.7 Å². The predicted molar refractivity (Wildman–Crippen MR) is 118 cm³/mol. The van der Waals surface area contributed by atoms with Crippen molar-refractivity contribution in [3.63, 3.8) is 0 Å². The maximum absolute atomic E-state index is 13.0. The van der Waals surface area contributed by atoms with Crippen molar-refractivity contribution in [2.75, 3.05) is 18.4 Å². The normalized spacial score (nSPS) is 16.0. The van der Waals surface area contributed by atoms with Crippen LogP contribution in [0.15, 0.2) is 48.1 Å². The number of hydrogen-bond acceptors (Lipinski definition) is 6. The molecule has 1 fully saturated rings. The number of aromatic nitrogens is 4. The second-order valence-corrected chi connectivity index (χ2v) is 8.44. The van der Waals surface area contributed by atoms with E-state index in [1.807, 2.05) is 47.5 Å². The molecule has 4 aromatic rings. The minimum Gasteiger partial charge on any atom is -0.338 e. The molecule has 0 spiro atoms. The van der Waals surface area contributed by atoms with E-state index in [0.717, 1.165) is 28.7 Å². The second-order valence-electron chi connectivity index (χ2n) is 7.55. The first kappa shape index (κ1) is 19.4. The third-order valence-electron chi connectivity index (χ3n) is 5.59. The summed E-state index contributed by atoms with van der Waals surface area (Å²) in [5.41, 5.74) is 3.50. The molecule has 0 aliphatic carbocycles. The summed E-state index contributed by atoms with van der Waals surface area (Å²) in [4.78, 5) is 36.6. The Morgan fingerprint density at radius 3 is 2.90 bits per heavy atom. The molecule has 1 aliphatic rings. The monoisotopic (exact) mass is 432 g/mol. The number of H-pyrrole nitrogens is 1. The first-order valence-corrected chi connectivity index (χ1v) is 10.9.